The maximum absolute atomic E-state index is 5.89. The van der Waals surface area contributed by atoms with Crippen molar-refractivity contribution in [2.75, 3.05) is 5.73 Å². The normalized spacial score (nSPS) is 10.5. The van der Waals surface area contributed by atoms with Crippen LogP contribution >= 0.6 is 23.4 Å². The van der Waals surface area contributed by atoms with E-state index in [0.717, 1.165) is 22.2 Å². The Labute approximate surface area is 97.0 Å². The first kappa shape index (κ1) is 10.4. The molecule has 78 valence electrons. The molecule has 0 spiro atoms. The molecule has 0 saturated heterocycles. The summed E-state index contributed by atoms with van der Waals surface area (Å²) in [6.45, 7) is 0. The molecule has 15 heavy (non-hydrogen) atoms. The zero-order valence-electron chi connectivity index (χ0n) is 7.90. The van der Waals surface area contributed by atoms with E-state index in [9.17, 15) is 0 Å². The van der Waals surface area contributed by atoms with Crippen LogP contribution in [-0.2, 0) is 5.75 Å². The highest BCUT2D eigenvalue weighted by Gasteiger charge is 2.02. The van der Waals surface area contributed by atoms with Crippen molar-refractivity contribution < 1.29 is 0 Å². The van der Waals surface area contributed by atoms with Gasteiger partial charge >= 0.3 is 0 Å². The molecule has 3 nitrogen and oxygen atoms in total. The van der Waals surface area contributed by atoms with Gasteiger partial charge in [-0.05, 0) is 23.8 Å². The topological polar surface area (TPSA) is 54.7 Å². The number of anilines is 1. The highest BCUT2D eigenvalue weighted by Crippen LogP contribution is 2.25. The van der Waals surface area contributed by atoms with Crippen LogP contribution in [0.4, 0.5) is 5.69 Å². The second-order valence-electron chi connectivity index (χ2n) is 3.03. The predicted molar refractivity (Wildman–Crippen MR) is 64.0 cm³/mol. The summed E-state index contributed by atoms with van der Waals surface area (Å²) >= 11 is 7.49. The van der Waals surface area contributed by atoms with Crippen molar-refractivity contribution in [2.45, 2.75) is 10.9 Å². The number of benzene rings is 1. The second kappa shape index (κ2) is 4.59. The summed E-state index contributed by atoms with van der Waals surface area (Å²) in [5, 5.41) is 1.59. The molecule has 0 amide bonds. The van der Waals surface area contributed by atoms with Crippen LogP contribution < -0.4 is 5.73 Å². The van der Waals surface area contributed by atoms with Crippen LogP contribution in [0.25, 0.3) is 0 Å². The first-order valence-electron chi connectivity index (χ1n) is 4.42. The van der Waals surface area contributed by atoms with Gasteiger partial charge in [0.1, 0.15) is 0 Å². The van der Waals surface area contributed by atoms with E-state index in [0.29, 0.717) is 5.02 Å². The average molecular weight is 240 g/mol. The summed E-state index contributed by atoms with van der Waals surface area (Å²) in [5.41, 5.74) is 7.62. The van der Waals surface area contributed by atoms with Crippen molar-refractivity contribution in [1.29, 1.82) is 0 Å². The number of nitrogens with zero attached hydrogens (tertiary/aromatic N) is 1. The molecule has 1 aromatic heterocycles. The third-order valence-electron chi connectivity index (χ3n) is 1.94. The number of imidazole rings is 1. The number of halogens is 1. The molecule has 0 unspecified atom stereocenters. The Morgan fingerprint density at radius 1 is 1.47 bits per heavy atom. The van der Waals surface area contributed by atoms with E-state index in [1.165, 1.54) is 0 Å². The number of rotatable bonds is 3. The van der Waals surface area contributed by atoms with E-state index in [2.05, 4.69) is 9.97 Å². The SMILES string of the molecule is Nc1ccc(Cl)cc1CSc1ncc[nH]1. The number of hydrogen-bond acceptors (Lipinski definition) is 3. The molecule has 0 saturated carbocycles. The number of nitrogens with two attached hydrogens (primary N) is 1. The van der Waals surface area contributed by atoms with E-state index < -0.39 is 0 Å². The highest BCUT2D eigenvalue weighted by molar-refractivity contribution is 7.98. The Balaban J connectivity index is 2.07. The summed E-state index contributed by atoms with van der Waals surface area (Å²) in [6.07, 6.45) is 3.52. The van der Waals surface area contributed by atoms with Gasteiger partial charge in [0, 0.05) is 28.9 Å². The molecule has 0 bridgehead atoms. The van der Waals surface area contributed by atoms with E-state index in [1.807, 2.05) is 12.1 Å². The maximum Gasteiger partial charge on any atom is 0.165 e. The van der Waals surface area contributed by atoms with Crippen molar-refractivity contribution in [2.24, 2.45) is 0 Å². The third kappa shape index (κ3) is 2.67. The zero-order chi connectivity index (χ0) is 10.7. The standard InChI is InChI=1S/C10H10ClN3S/c11-8-1-2-9(12)7(5-8)6-15-10-13-3-4-14-10/h1-5H,6,12H2,(H,13,14). The van der Waals surface area contributed by atoms with Gasteiger partial charge in [-0.3, -0.25) is 0 Å². The lowest BCUT2D eigenvalue weighted by Crippen LogP contribution is -1.92. The van der Waals surface area contributed by atoms with Crippen LogP contribution in [0.5, 0.6) is 0 Å². The molecule has 3 N–H and O–H groups in total. The minimum atomic E-state index is 0.708. The van der Waals surface area contributed by atoms with Crippen LogP contribution in [0.1, 0.15) is 5.56 Å². The van der Waals surface area contributed by atoms with Gasteiger partial charge in [0.15, 0.2) is 5.16 Å². The smallest absolute Gasteiger partial charge is 0.165 e. The van der Waals surface area contributed by atoms with Crippen LogP contribution in [0.2, 0.25) is 5.02 Å². The first-order valence-corrected chi connectivity index (χ1v) is 5.78. The van der Waals surface area contributed by atoms with Gasteiger partial charge in [0.25, 0.3) is 0 Å². The van der Waals surface area contributed by atoms with Crippen LogP contribution in [0, 0.1) is 0 Å². The van der Waals surface area contributed by atoms with Gasteiger partial charge < -0.3 is 10.7 Å². The fraction of sp³-hybridized carbons (Fsp3) is 0.100. The Morgan fingerprint density at radius 2 is 2.33 bits per heavy atom. The van der Waals surface area contributed by atoms with Crippen molar-refractivity contribution in [3.63, 3.8) is 0 Å². The highest BCUT2D eigenvalue weighted by atomic mass is 35.5. The molecule has 1 aromatic carbocycles. The summed E-state index contributed by atoms with van der Waals surface area (Å²) in [5.74, 6) is 0.764. The number of aromatic nitrogens is 2. The monoisotopic (exact) mass is 239 g/mol. The summed E-state index contributed by atoms with van der Waals surface area (Å²) in [4.78, 5) is 7.14. The molecule has 2 aromatic rings. The van der Waals surface area contributed by atoms with E-state index in [-0.39, 0.29) is 0 Å². The molecule has 1 heterocycles. The Hall–Kier alpha value is -1.13. The number of hydrogen-bond donors (Lipinski definition) is 2. The Bertz CT molecular complexity index is 442. The van der Waals surface area contributed by atoms with Crippen molar-refractivity contribution in [1.82, 2.24) is 9.97 Å². The van der Waals surface area contributed by atoms with Crippen molar-refractivity contribution in [3.05, 3.63) is 41.2 Å². The number of thioether (sulfide) groups is 1. The van der Waals surface area contributed by atoms with Crippen LogP contribution in [0.3, 0.4) is 0 Å². The molecule has 0 aliphatic carbocycles. The lowest BCUT2D eigenvalue weighted by molar-refractivity contribution is 1.06. The van der Waals surface area contributed by atoms with E-state index in [1.54, 1.807) is 30.2 Å². The minimum absolute atomic E-state index is 0.708. The van der Waals surface area contributed by atoms with Crippen LogP contribution in [0.15, 0.2) is 35.7 Å². The fourth-order valence-corrected chi connectivity index (χ4v) is 2.20. The molecule has 0 radical (unpaired) electrons. The molecule has 5 heteroatoms. The average Bonchev–Trinajstić information content (AvgIpc) is 2.72. The third-order valence-corrected chi connectivity index (χ3v) is 3.13. The Kier molecular flexibility index (Phi) is 3.18. The van der Waals surface area contributed by atoms with Crippen molar-refractivity contribution >= 4 is 29.1 Å². The van der Waals surface area contributed by atoms with E-state index in [4.69, 9.17) is 17.3 Å². The van der Waals surface area contributed by atoms with Gasteiger partial charge in [0.2, 0.25) is 0 Å². The molecule has 0 aliphatic heterocycles. The zero-order valence-corrected chi connectivity index (χ0v) is 9.48. The largest absolute Gasteiger partial charge is 0.398 e. The first-order chi connectivity index (χ1) is 7.25. The molecular formula is C10H10ClN3S. The lowest BCUT2D eigenvalue weighted by Gasteiger charge is -2.04. The van der Waals surface area contributed by atoms with Gasteiger partial charge in [-0.1, -0.05) is 23.4 Å². The van der Waals surface area contributed by atoms with Gasteiger partial charge in [0.05, 0.1) is 0 Å². The van der Waals surface area contributed by atoms with Crippen molar-refractivity contribution in [3.8, 4) is 0 Å². The Morgan fingerprint density at radius 3 is 3.07 bits per heavy atom. The minimum Gasteiger partial charge on any atom is -0.398 e. The maximum atomic E-state index is 5.89. The number of nitrogens with one attached hydrogen (secondary N) is 1. The summed E-state index contributed by atoms with van der Waals surface area (Å²) in [7, 11) is 0. The fourth-order valence-electron chi connectivity index (χ4n) is 1.18. The molecule has 0 fully saturated rings. The molecule has 2 rings (SSSR count). The number of aromatic amines is 1. The molecule has 0 atom stereocenters. The number of nitrogen functional groups attached to an aromatic ring is 1. The molecule has 0 aliphatic rings. The second-order valence-corrected chi connectivity index (χ2v) is 4.43. The van der Waals surface area contributed by atoms with Gasteiger partial charge in [-0.15, -0.1) is 0 Å². The summed E-state index contributed by atoms with van der Waals surface area (Å²) < 4.78 is 0. The number of H-pyrrole nitrogens is 1. The van der Waals surface area contributed by atoms with Crippen LogP contribution in [-0.4, -0.2) is 9.97 Å². The quantitative estimate of drug-likeness (QED) is 0.640. The van der Waals surface area contributed by atoms with E-state index >= 15 is 0 Å². The lowest BCUT2D eigenvalue weighted by atomic mass is 10.2. The van der Waals surface area contributed by atoms with Gasteiger partial charge in [-0.2, -0.15) is 0 Å². The summed E-state index contributed by atoms with van der Waals surface area (Å²) in [6, 6.07) is 5.49. The molecular weight excluding hydrogens is 230 g/mol. The van der Waals surface area contributed by atoms with Gasteiger partial charge in [-0.25, -0.2) is 4.98 Å². The predicted octanol–water partition coefficient (Wildman–Crippen LogP) is 2.94.